The maximum atomic E-state index is 11.3. The molecule has 4 heteroatoms. The quantitative estimate of drug-likeness (QED) is 0.687. The number of nitrogens with one attached hydrogen (secondary N) is 1. The van der Waals surface area contributed by atoms with E-state index in [0.29, 0.717) is 6.54 Å². The van der Waals surface area contributed by atoms with Gasteiger partial charge in [-0.2, -0.15) is 0 Å². The van der Waals surface area contributed by atoms with Crippen LogP contribution in [-0.4, -0.2) is 30.2 Å². The molecular formula is C13H20N2O2. The summed E-state index contributed by atoms with van der Waals surface area (Å²) in [7, 11) is 0. The second kappa shape index (κ2) is 6.37. The number of aryl methyl sites for hydroxylation is 2. The Morgan fingerprint density at radius 2 is 2.12 bits per heavy atom. The second-order valence-electron chi connectivity index (χ2n) is 4.25. The third-order valence-corrected chi connectivity index (χ3v) is 2.82. The molecule has 4 N–H and O–H groups in total. The summed E-state index contributed by atoms with van der Waals surface area (Å²) in [6.07, 6.45) is 0.769. The van der Waals surface area contributed by atoms with E-state index < -0.39 is 6.04 Å². The average Bonchev–Trinajstić information content (AvgIpc) is 2.32. The molecule has 0 aliphatic carbocycles. The Morgan fingerprint density at radius 1 is 1.41 bits per heavy atom. The third-order valence-electron chi connectivity index (χ3n) is 2.82. The van der Waals surface area contributed by atoms with Crippen molar-refractivity contribution in [3.05, 3.63) is 34.9 Å². The van der Waals surface area contributed by atoms with E-state index in [4.69, 9.17) is 10.8 Å². The van der Waals surface area contributed by atoms with Gasteiger partial charge in [-0.3, -0.25) is 4.79 Å². The van der Waals surface area contributed by atoms with Crippen LogP contribution >= 0.6 is 0 Å². The molecule has 0 radical (unpaired) electrons. The molecule has 1 aromatic carbocycles. The standard InChI is InChI=1S/C13H20N2O2/c1-9-3-4-11(7-10(9)2)5-6-15-13(17)12(14)8-16/h3-4,7,12,16H,5-6,8,14H2,1-2H3,(H,15,17). The lowest BCUT2D eigenvalue weighted by Crippen LogP contribution is -2.43. The number of rotatable bonds is 5. The molecular weight excluding hydrogens is 216 g/mol. The maximum absolute atomic E-state index is 11.3. The zero-order valence-electron chi connectivity index (χ0n) is 10.4. The van der Waals surface area contributed by atoms with E-state index in [-0.39, 0.29) is 12.5 Å². The molecule has 0 aliphatic heterocycles. The summed E-state index contributed by atoms with van der Waals surface area (Å²) >= 11 is 0. The first-order valence-corrected chi connectivity index (χ1v) is 5.75. The molecule has 0 heterocycles. The van der Waals surface area contributed by atoms with Gasteiger partial charge in [0.05, 0.1) is 6.61 Å². The van der Waals surface area contributed by atoms with Crippen LogP contribution in [-0.2, 0) is 11.2 Å². The highest BCUT2D eigenvalue weighted by Gasteiger charge is 2.10. The largest absolute Gasteiger partial charge is 0.394 e. The van der Waals surface area contributed by atoms with Crippen LogP contribution in [0, 0.1) is 13.8 Å². The minimum atomic E-state index is -0.824. The molecule has 0 fully saturated rings. The third kappa shape index (κ3) is 4.17. The van der Waals surface area contributed by atoms with Crippen molar-refractivity contribution in [2.45, 2.75) is 26.3 Å². The summed E-state index contributed by atoms with van der Waals surface area (Å²) in [6.45, 7) is 4.35. The highest BCUT2D eigenvalue weighted by Crippen LogP contribution is 2.09. The van der Waals surface area contributed by atoms with Crippen molar-refractivity contribution in [3.8, 4) is 0 Å². The Hall–Kier alpha value is -1.39. The van der Waals surface area contributed by atoms with Crippen molar-refractivity contribution < 1.29 is 9.90 Å². The number of carbonyl (C=O) groups excluding carboxylic acids is 1. The Balaban J connectivity index is 2.41. The molecule has 0 saturated carbocycles. The normalized spacial score (nSPS) is 12.2. The number of carbonyl (C=O) groups is 1. The molecule has 1 unspecified atom stereocenters. The summed E-state index contributed by atoms with van der Waals surface area (Å²) in [6, 6.07) is 5.43. The molecule has 1 amide bonds. The molecule has 1 aromatic rings. The van der Waals surface area contributed by atoms with Gasteiger partial charge in [-0.25, -0.2) is 0 Å². The number of amides is 1. The fourth-order valence-corrected chi connectivity index (χ4v) is 1.50. The van der Waals surface area contributed by atoms with Crippen LogP contribution < -0.4 is 11.1 Å². The fourth-order valence-electron chi connectivity index (χ4n) is 1.50. The first kappa shape index (κ1) is 13.7. The summed E-state index contributed by atoms with van der Waals surface area (Å²) in [5, 5.41) is 11.4. The van der Waals surface area contributed by atoms with Crippen LogP contribution in [0.3, 0.4) is 0 Å². The fraction of sp³-hybridized carbons (Fsp3) is 0.462. The lowest BCUT2D eigenvalue weighted by Gasteiger charge is -2.10. The minimum Gasteiger partial charge on any atom is -0.394 e. The van der Waals surface area contributed by atoms with E-state index >= 15 is 0 Å². The molecule has 0 aliphatic rings. The number of hydrogen-bond donors (Lipinski definition) is 3. The van der Waals surface area contributed by atoms with Crippen molar-refractivity contribution in [1.82, 2.24) is 5.32 Å². The molecule has 17 heavy (non-hydrogen) atoms. The smallest absolute Gasteiger partial charge is 0.239 e. The van der Waals surface area contributed by atoms with Crippen LogP contribution in [0.4, 0.5) is 0 Å². The lowest BCUT2D eigenvalue weighted by molar-refractivity contribution is -0.123. The number of hydrogen-bond acceptors (Lipinski definition) is 3. The van der Waals surface area contributed by atoms with Gasteiger partial charge < -0.3 is 16.2 Å². The van der Waals surface area contributed by atoms with Gasteiger partial charge in [0.1, 0.15) is 6.04 Å². The molecule has 0 aromatic heterocycles. The minimum absolute atomic E-state index is 0.309. The van der Waals surface area contributed by atoms with Gasteiger partial charge in [0.2, 0.25) is 5.91 Å². The van der Waals surface area contributed by atoms with E-state index in [1.165, 1.54) is 16.7 Å². The molecule has 0 bridgehead atoms. The first-order chi connectivity index (χ1) is 8.04. The SMILES string of the molecule is Cc1ccc(CCNC(=O)C(N)CO)cc1C. The predicted octanol–water partition coefficient (Wildman–Crippen LogP) is 0.282. The Labute approximate surface area is 102 Å². The van der Waals surface area contributed by atoms with Crippen LogP contribution in [0.5, 0.6) is 0 Å². The average molecular weight is 236 g/mol. The van der Waals surface area contributed by atoms with Crippen LogP contribution in [0.25, 0.3) is 0 Å². The number of benzene rings is 1. The molecule has 1 atom stereocenters. The van der Waals surface area contributed by atoms with Gasteiger partial charge in [0, 0.05) is 6.54 Å². The predicted molar refractivity (Wildman–Crippen MR) is 67.7 cm³/mol. The number of aliphatic hydroxyl groups is 1. The van der Waals surface area contributed by atoms with Crippen LogP contribution in [0.1, 0.15) is 16.7 Å². The number of nitrogens with two attached hydrogens (primary N) is 1. The lowest BCUT2D eigenvalue weighted by atomic mass is 10.0. The van der Waals surface area contributed by atoms with Crippen molar-refractivity contribution in [2.75, 3.05) is 13.2 Å². The van der Waals surface area contributed by atoms with Crippen molar-refractivity contribution >= 4 is 5.91 Å². The summed E-state index contributed by atoms with van der Waals surface area (Å²) < 4.78 is 0. The topological polar surface area (TPSA) is 75.4 Å². The first-order valence-electron chi connectivity index (χ1n) is 5.75. The number of aliphatic hydroxyl groups excluding tert-OH is 1. The van der Waals surface area contributed by atoms with E-state index in [2.05, 4.69) is 37.4 Å². The van der Waals surface area contributed by atoms with Crippen molar-refractivity contribution in [3.63, 3.8) is 0 Å². The van der Waals surface area contributed by atoms with Gasteiger partial charge in [0.15, 0.2) is 0 Å². The van der Waals surface area contributed by atoms with E-state index in [9.17, 15) is 4.79 Å². The van der Waals surface area contributed by atoms with Crippen LogP contribution in [0.2, 0.25) is 0 Å². The summed E-state index contributed by atoms with van der Waals surface area (Å²) in [5.74, 6) is -0.309. The van der Waals surface area contributed by atoms with E-state index in [0.717, 1.165) is 6.42 Å². The highest BCUT2D eigenvalue weighted by atomic mass is 16.3. The van der Waals surface area contributed by atoms with Crippen molar-refractivity contribution in [1.29, 1.82) is 0 Å². The Bertz CT molecular complexity index is 391. The summed E-state index contributed by atoms with van der Waals surface area (Å²) in [5.41, 5.74) is 9.08. The molecule has 4 nitrogen and oxygen atoms in total. The van der Waals surface area contributed by atoms with Gasteiger partial charge in [0.25, 0.3) is 0 Å². The van der Waals surface area contributed by atoms with Crippen molar-refractivity contribution in [2.24, 2.45) is 5.73 Å². The zero-order chi connectivity index (χ0) is 12.8. The van der Waals surface area contributed by atoms with Gasteiger partial charge >= 0.3 is 0 Å². The van der Waals surface area contributed by atoms with Gasteiger partial charge in [-0.1, -0.05) is 18.2 Å². The molecule has 0 spiro atoms. The van der Waals surface area contributed by atoms with Gasteiger partial charge in [-0.05, 0) is 37.0 Å². The molecule has 0 saturated heterocycles. The van der Waals surface area contributed by atoms with E-state index in [1.807, 2.05) is 0 Å². The van der Waals surface area contributed by atoms with Gasteiger partial charge in [-0.15, -0.1) is 0 Å². The van der Waals surface area contributed by atoms with E-state index in [1.54, 1.807) is 0 Å². The second-order valence-corrected chi connectivity index (χ2v) is 4.25. The van der Waals surface area contributed by atoms with Crippen LogP contribution in [0.15, 0.2) is 18.2 Å². The Morgan fingerprint density at radius 3 is 2.71 bits per heavy atom. The summed E-state index contributed by atoms with van der Waals surface area (Å²) in [4.78, 5) is 11.3. The Kier molecular flexibility index (Phi) is 5.12. The monoisotopic (exact) mass is 236 g/mol. The molecule has 1 rings (SSSR count). The zero-order valence-corrected chi connectivity index (χ0v) is 10.4. The molecule has 94 valence electrons. The highest BCUT2D eigenvalue weighted by molar-refractivity contribution is 5.81. The maximum Gasteiger partial charge on any atom is 0.239 e.